The molecule has 0 saturated carbocycles. The molecule has 2 heterocycles. The predicted octanol–water partition coefficient (Wildman–Crippen LogP) is 1.06. The summed E-state index contributed by atoms with van der Waals surface area (Å²) < 4.78 is 5.35. The van der Waals surface area contributed by atoms with Gasteiger partial charge in [0.1, 0.15) is 5.82 Å². The van der Waals surface area contributed by atoms with E-state index in [1.54, 1.807) is 19.2 Å². The molecule has 0 aromatic carbocycles. The van der Waals surface area contributed by atoms with Crippen molar-refractivity contribution >= 4 is 11.7 Å². The number of aromatic nitrogens is 2. The number of nitrogens with zero attached hydrogens (tertiary/aromatic N) is 2. The molecule has 0 spiro atoms. The molecule has 0 radical (unpaired) electrons. The van der Waals surface area contributed by atoms with Crippen LogP contribution in [0.2, 0.25) is 0 Å². The molecule has 1 aromatic rings. The molecule has 0 bridgehead atoms. The topological polar surface area (TPSA) is 76.1 Å². The van der Waals surface area contributed by atoms with Gasteiger partial charge in [-0.05, 0) is 37.8 Å². The van der Waals surface area contributed by atoms with Crippen LogP contribution in [0.15, 0.2) is 12.1 Å². The Morgan fingerprint density at radius 2 is 2.11 bits per heavy atom. The lowest BCUT2D eigenvalue weighted by atomic mass is 9.93. The van der Waals surface area contributed by atoms with E-state index < -0.39 is 0 Å². The third-order valence-corrected chi connectivity index (χ3v) is 3.47. The number of hydrogen-bond donors (Lipinski definition) is 2. The van der Waals surface area contributed by atoms with Gasteiger partial charge in [0, 0.05) is 26.3 Å². The van der Waals surface area contributed by atoms with Gasteiger partial charge in [-0.1, -0.05) is 0 Å². The molecule has 104 valence electrons. The van der Waals surface area contributed by atoms with Crippen LogP contribution in [-0.4, -0.2) is 42.4 Å². The highest BCUT2D eigenvalue weighted by molar-refractivity contribution is 5.91. The Kier molecular flexibility index (Phi) is 4.68. The minimum atomic E-state index is -0.225. The molecule has 1 unspecified atom stereocenters. The number of carbonyl (C=O) groups is 1. The van der Waals surface area contributed by atoms with Gasteiger partial charge in [0.15, 0.2) is 5.69 Å². The summed E-state index contributed by atoms with van der Waals surface area (Å²) in [7, 11) is 1.57. The van der Waals surface area contributed by atoms with Crippen molar-refractivity contribution in [2.24, 2.45) is 5.92 Å². The van der Waals surface area contributed by atoms with Crippen LogP contribution in [0.25, 0.3) is 0 Å². The normalized spacial score (nSPS) is 17.8. The average molecular weight is 264 g/mol. The first kappa shape index (κ1) is 13.7. The maximum Gasteiger partial charge on any atom is 0.271 e. The lowest BCUT2D eigenvalue weighted by Gasteiger charge is -2.28. The van der Waals surface area contributed by atoms with Crippen molar-refractivity contribution in [2.45, 2.75) is 25.8 Å². The van der Waals surface area contributed by atoms with Crippen LogP contribution in [0, 0.1) is 5.92 Å². The van der Waals surface area contributed by atoms with Crippen LogP contribution >= 0.6 is 0 Å². The number of ether oxygens (including phenoxy) is 1. The summed E-state index contributed by atoms with van der Waals surface area (Å²) in [6, 6.07) is 3.78. The quantitative estimate of drug-likeness (QED) is 0.850. The van der Waals surface area contributed by atoms with Crippen molar-refractivity contribution in [1.82, 2.24) is 15.5 Å². The number of carbonyl (C=O) groups excluding carboxylic acids is 1. The third kappa shape index (κ3) is 3.64. The molecule has 6 heteroatoms. The molecule has 0 aliphatic carbocycles. The van der Waals surface area contributed by atoms with Gasteiger partial charge in [-0.25, -0.2) is 0 Å². The van der Waals surface area contributed by atoms with Crippen molar-refractivity contribution in [2.75, 3.05) is 25.6 Å². The van der Waals surface area contributed by atoms with Gasteiger partial charge in [0.25, 0.3) is 5.91 Å². The lowest BCUT2D eigenvalue weighted by molar-refractivity contribution is 0.0622. The van der Waals surface area contributed by atoms with E-state index in [-0.39, 0.29) is 5.91 Å². The second-order valence-electron chi connectivity index (χ2n) is 4.77. The highest BCUT2D eigenvalue weighted by Crippen LogP contribution is 2.20. The molecule has 1 aliphatic rings. The van der Waals surface area contributed by atoms with E-state index in [2.05, 4.69) is 27.8 Å². The third-order valence-electron chi connectivity index (χ3n) is 3.47. The Balaban J connectivity index is 1.93. The van der Waals surface area contributed by atoms with Gasteiger partial charge in [0.2, 0.25) is 0 Å². The smallest absolute Gasteiger partial charge is 0.271 e. The summed E-state index contributed by atoms with van der Waals surface area (Å²) in [6.07, 6.45) is 2.13. The Morgan fingerprint density at radius 1 is 1.37 bits per heavy atom. The second kappa shape index (κ2) is 6.47. The zero-order valence-corrected chi connectivity index (χ0v) is 11.3. The van der Waals surface area contributed by atoms with E-state index >= 15 is 0 Å². The molecule has 1 saturated heterocycles. The van der Waals surface area contributed by atoms with Crippen LogP contribution in [0.4, 0.5) is 5.82 Å². The van der Waals surface area contributed by atoms with Crippen LogP contribution in [-0.2, 0) is 4.74 Å². The van der Waals surface area contributed by atoms with Crippen molar-refractivity contribution in [3.05, 3.63) is 17.8 Å². The predicted molar refractivity (Wildman–Crippen MR) is 72.0 cm³/mol. The summed E-state index contributed by atoms with van der Waals surface area (Å²) in [6.45, 7) is 3.81. The van der Waals surface area contributed by atoms with Gasteiger partial charge in [-0.2, -0.15) is 0 Å². The first-order valence-corrected chi connectivity index (χ1v) is 6.61. The van der Waals surface area contributed by atoms with Crippen molar-refractivity contribution in [3.63, 3.8) is 0 Å². The Hall–Kier alpha value is -1.69. The largest absolute Gasteiger partial charge is 0.381 e. The minimum Gasteiger partial charge on any atom is -0.381 e. The highest BCUT2D eigenvalue weighted by Gasteiger charge is 2.20. The molecular formula is C13H20N4O2. The molecule has 19 heavy (non-hydrogen) atoms. The number of amides is 1. The first-order chi connectivity index (χ1) is 9.20. The van der Waals surface area contributed by atoms with E-state index in [9.17, 15) is 4.79 Å². The summed E-state index contributed by atoms with van der Waals surface area (Å²) in [4.78, 5) is 11.3. The van der Waals surface area contributed by atoms with Crippen LogP contribution in [0.1, 0.15) is 30.3 Å². The molecule has 1 amide bonds. The van der Waals surface area contributed by atoms with Gasteiger partial charge >= 0.3 is 0 Å². The second-order valence-corrected chi connectivity index (χ2v) is 4.77. The Labute approximate surface area is 112 Å². The molecule has 1 atom stereocenters. The van der Waals surface area contributed by atoms with Crippen molar-refractivity contribution in [3.8, 4) is 0 Å². The van der Waals surface area contributed by atoms with Crippen LogP contribution in [0.5, 0.6) is 0 Å². The van der Waals surface area contributed by atoms with Gasteiger partial charge in [-0.15, -0.1) is 10.2 Å². The minimum absolute atomic E-state index is 0.225. The van der Waals surface area contributed by atoms with E-state index in [1.165, 1.54) is 0 Å². The van der Waals surface area contributed by atoms with E-state index in [4.69, 9.17) is 4.74 Å². The molecule has 1 aromatic heterocycles. The number of nitrogens with one attached hydrogen (secondary N) is 2. The number of anilines is 1. The fraction of sp³-hybridized carbons (Fsp3) is 0.615. The lowest BCUT2D eigenvalue weighted by Crippen LogP contribution is -2.31. The zero-order valence-electron chi connectivity index (χ0n) is 11.3. The van der Waals surface area contributed by atoms with Crippen LogP contribution < -0.4 is 10.6 Å². The average Bonchev–Trinajstić information content (AvgIpc) is 2.48. The van der Waals surface area contributed by atoms with Gasteiger partial charge in [0.05, 0.1) is 0 Å². The highest BCUT2D eigenvalue weighted by atomic mass is 16.5. The molecule has 2 rings (SSSR count). The van der Waals surface area contributed by atoms with Gasteiger partial charge in [-0.3, -0.25) is 4.79 Å². The molecule has 2 N–H and O–H groups in total. The summed E-state index contributed by atoms with van der Waals surface area (Å²) in [5, 5.41) is 13.8. The maximum absolute atomic E-state index is 11.3. The molecular weight excluding hydrogens is 244 g/mol. The number of hydrogen-bond acceptors (Lipinski definition) is 5. The summed E-state index contributed by atoms with van der Waals surface area (Å²) in [5.74, 6) is 1.07. The fourth-order valence-corrected chi connectivity index (χ4v) is 2.23. The van der Waals surface area contributed by atoms with E-state index in [0.29, 0.717) is 23.5 Å². The zero-order chi connectivity index (χ0) is 13.7. The number of rotatable bonds is 4. The first-order valence-electron chi connectivity index (χ1n) is 6.61. The molecule has 1 fully saturated rings. The van der Waals surface area contributed by atoms with Crippen molar-refractivity contribution in [1.29, 1.82) is 0 Å². The van der Waals surface area contributed by atoms with Crippen molar-refractivity contribution < 1.29 is 9.53 Å². The van der Waals surface area contributed by atoms with E-state index in [0.717, 1.165) is 26.1 Å². The summed E-state index contributed by atoms with van der Waals surface area (Å²) in [5.41, 5.74) is 0.326. The SMILES string of the molecule is CNC(=O)c1ccc(NC(C)C2CCOCC2)nn1. The maximum atomic E-state index is 11.3. The Morgan fingerprint density at radius 3 is 2.68 bits per heavy atom. The van der Waals surface area contributed by atoms with E-state index in [1.807, 2.05) is 0 Å². The fourth-order valence-electron chi connectivity index (χ4n) is 2.23. The molecule has 6 nitrogen and oxygen atoms in total. The van der Waals surface area contributed by atoms with Crippen LogP contribution in [0.3, 0.4) is 0 Å². The summed E-state index contributed by atoms with van der Waals surface area (Å²) >= 11 is 0. The Bertz CT molecular complexity index is 415. The molecule has 1 aliphatic heterocycles. The standard InChI is InChI=1S/C13H20N4O2/c1-9(10-5-7-19-8-6-10)15-12-4-3-11(16-17-12)13(18)14-2/h3-4,9-10H,5-8H2,1-2H3,(H,14,18)(H,15,17). The monoisotopic (exact) mass is 264 g/mol. The van der Waals surface area contributed by atoms with Gasteiger partial charge < -0.3 is 15.4 Å².